The number of nitriles is 1. The fourth-order valence-electron chi connectivity index (χ4n) is 2.31. The van der Waals surface area contributed by atoms with Crippen LogP contribution in [0.3, 0.4) is 0 Å². The summed E-state index contributed by atoms with van der Waals surface area (Å²) in [6, 6.07) is 8.14. The van der Waals surface area contributed by atoms with E-state index in [-0.39, 0.29) is 6.10 Å². The summed E-state index contributed by atoms with van der Waals surface area (Å²) in [7, 11) is 0. The van der Waals surface area contributed by atoms with Gasteiger partial charge in [0.05, 0.1) is 18.7 Å². The van der Waals surface area contributed by atoms with Gasteiger partial charge in [-0.2, -0.15) is 5.26 Å². The number of aromatic nitrogens is 1. The Morgan fingerprint density at radius 3 is 2.90 bits per heavy atom. The van der Waals surface area contributed by atoms with Crippen LogP contribution in [0.4, 0.5) is 0 Å². The first kappa shape index (κ1) is 13.6. The maximum atomic E-state index is 9.28. The van der Waals surface area contributed by atoms with Crippen molar-refractivity contribution in [2.75, 3.05) is 13.2 Å². The average molecular weight is 380 g/mol. The van der Waals surface area contributed by atoms with Crippen LogP contribution in [0.5, 0.6) is 5.75 Å². The molecular formula is C15H13IN2O2. The number of rotatable bonds is 2. The molecule has 1 aliphatic heterocycles. The monoisotopic (exact) mass is 380 g/mol. The van der Waals surface area contributed by atoms with Crippen molar-refractivity contribution in [2.45, 2.75) is 18.9 Å². The summed E-state index contributed by atoms with van der Waals surface area (Å²) < 4.78 is 12.5. The molecule has 2 heterocycles. The topological polar surface area (TPSA) is 55.1 Å². The van der Waals surface area contributed by atoms with Crippen molar-refractivity contribution in [3.8, 4) is 11.8 Å². The molecular weight excluding hydrogens is 367 g/mol. The van der Waals surface area contributed by atoms with Crippen LogP contribution in [0.2, 0.25) is 0 Å². The van der Waals surface area contributed by atoms with Crippen LogP contribution in [0, 0.1) is 14.9 Å². The maximum absolute atomic E-state index is 9.28. The summed E-state index contributed by atoms with van der Waals surface area (Å²) in [6.07, 6.45) is 3.42. The summed E-state index contributed by atoms with van der Waals surface area (Å²) in [4.78, 5) is 4.32. The summed E-state index contributed by atoms with van der Waals surface area (Å²) in [5.41, 5.74) is 1.34. The molecule has 0 saturated carbocycles. The number of halogens is 1. The molecule has 4 nitrogen and oxygen atoms in total. The molecule has 20 heavy (non-hydrogen) atoms. The second-order valence-corrected chi connectivity index (χ2v) is 5.95. The van der Waals surface area contributed by atoms with Crippen LogP contribution in [0.1, 0.15) is 18.4 Å². The molecule has 2 aromatic rings. The molecule has 0 unspecified atom stereocenters. The first-order chi connectivity index (χ1) is 9.78. The van der Waals surface area contributed by atoms with E-state index in [4.69, 9.17) is 9.47 Å². The molecule has 3 rings (SSSR count). The largest absolute Gasteiger partial charge is 0.488 e. The molecule has 102 valence electrons. The lowest BCUT2D eigenvalue weighted by Gasteiger charge is -2.24. The van der Waals surface area contributed by atoms with Crippen molar-refractivity contribution >= 4 is 33.5 Å². The minimum absolute atomic E-state index is 0.110. The van der Waals surface area contributed by atoms with Crippen molar-refractivity contribution < 1.29 is 9.47 Å². The van der Waals surface area contributed by atoms with Crippen molar-refractivity contribution in [1.82, 2.24) is 4.98 Å². The Hall–Kier alpha value is -1.39. The standard InChI is InChI=1S/C15H13IN2O2/c16-11-1-2-14-13(7-11)15(10(8-17)9-18-14)20-12-3-5-19-6-4-12/h1-2,7,9,12H,3-6H2. The lowest BCUT2D eigenvalue weighted by atomic mass is 10.1. The molecule has 1 aromatic heterocycles. The average Bonchev–Trinajstić information content (AvgIpc) is 2.49. The van der Waals surface area contributed by atoms with E-state index >= 15 is 0 Å². The summed E-state index contributed by atoms with van der Waals surface area (Å²) in [6.45, 7) is 1.43. The number of fused-ring (bicyclic) bond motifs is 1. The van der Waals surface area contributed by atoms with Gasteiger partial charge in [-0.1, -0.05) is 0 Å². The minimum atomic E-state index is 0.110. The van der Waals surface area contributed by atoms with Gasteiger partial charge in [0.25, 0.3) is 0 Å². The summed E-state index contributed by atoms with van der Waals surface area (Å²) in [5, 5.41) is 10.2. The number of hydrogen-bond acceptors (Lipinski definition) is 4. The number of hydrogen-bond donors (Lipinski definition) is 0. The lowest BCUT2D eigenvalue weighted by Crippen LogP contribution is -2.26. The molecule has 0 aliphatic carbocycles. The molecule has 0 spiro atoms. The van der Waals surface area contributed by atoms with Crippen LogP contribution >= 0.6 is 22.6 Å². The molecule has 0 atom stereocenters. The predicted octanol–water partition coefficient (Wildman–Crippen LogP) is 3.27. The van der Waals surface area contributed by atoms with Gasteiger partial charge in [0, 0.05) is 28.0 Å². The van der Waals surface area contributed by atoms with E-state index in [0.717, 1.165) is 27.3 Å². The zero-order valence-corrected chi connectivity index (χ0v) is 13.0. The van der Waals surface area contributed by atoms with Gasteiger partial charge in [-0.05, 0) is 40.8 Å². The van der Waals surface area contributed by atoms with E-state index in [1.807, 2.05) is 18.2 Å². The van der Waals surface area contributed by atoms with E-state index in [0.29, 0.717) is 24.5 Å². The Morgan fingerprint density at radius 1 is 1.35 bits per heavy atom. The van der Waals surface area contributed by atoms with Crippen LogP contribution < -0.4 is 4.74 Å². The first-order valence-corrected chi connectivity index (χ1v) is 7.58. The third-order valence-electron chi connectivity index (χ3n) is 3.35. The molecule has 5 heteroatoms. The van der Waals surface area contributed by atoms with Gasteiger partial charge >= 0.3 is 0 Å². The van der Waals surface area contributed by atoms with Crippen molar-refractivity contribution in [1.29, 1.82) is 5.26 Å². The Morgan fingerprint density at radius 2 is 2.15 bits per heavy atom. The summed E-state index contributed by atoms with van der Waals surface area (Å²) in [5.74, 6) is 0.655. The maximum Gasteiger partial charge on any atom is 0.148 e. The smallest absolute Gasteiger partial charge is 0.148 e. The zero-order valence-electron chi connectivity index (χ0n) is 10.8. The normalized spacial score (nSPS) is 16.0. The number of pyridine rings is 1. The quantitative estimate of drug-likeness (QED) is 0.751. The van der Waals surface area contributed by atoms with Crippen LogP contribution in [-0.4, -0.2) is 24.3 Å². The van der Waals surface area contributed by atoms with Crippen molar-refractivity contribution in [3.63, 3.8) is 0 Å². The van der Waals surface area contributed by atoms with E-state index in [9.17, 15) is 5.26 Å². The SMILES string of the molecule is N#Cc1cnc2ccc(I)cc2c1OC1CCOCC1. The van der Waals surface area contributed by atoms with Crippen molar-refractivity contribution in [3.05, 3.63) is 33.5 Å². The molecule has 1 saturated heterocycles. The number of benzene rings is 1. The number of nitrogens with zero attached hydrogens (tertiary/aromatic N) is 2. The lowest BCUT2D eigenvalue weighted by molar-refractivity contribution is 0.0260. The van der Waals surface area contributed by atoms with Crippen LogP contribution in [-0.2, 0) is 4.74 Å². The van der Waals surface area contributed by atoms with Crippen LogP contribution in [0.25, 0.3) is 10.9 Å². The highest BCUT2D eigenvalue weighted by atomic mass is 127. The van der Waals surface area contributed by atoms with Crippen molar-refractivity contribution in [2.24, 2.45) is 0 Å². The predicted molar refractivity (Wildman–Crippen MR) is 83.6 cm³/mol. The minimum Gasteiger partial charge on any atom is -0.488 e. The summed E-state index contributed by atoms with van der Waals surface area (Å²) >= 11 is 2.25. The molecule has 0 N–H and O–H groups in total. The van der Waals surface area contributed by atoms with Gasteiger partial charge < -0.3 is 9.47 Å². The Kier molecular flexibility index (Phi) is 4.03. The highest BCUT2D eigenvalue weighted by Gasteiger charge is 2.19. The zero-order chi connectivity index (χ0) is 13.9. The second kappa shape index (κ2) is 5.94. The Bertz CT molecular complexity index is 675. The fraction of sp³-hybridized carbons (Fsp3) is 0.333. The molecule has 0 amide bonds. The van der Waals surface area contributed by atoms with Gasteiger partial charge in [-0.3, -0.25) is 4.98 Å². The molecule has 1 aliphatic rings. The molecule has 0 bridgehead atoms. The first-order valence-electron chi connectivity index (χ1n) is 6.50. The van der Waals surface area contributed by atoms with Gasteiger partial charge in [-0.15, -0.1) is 0 Å². The molecule has 1 fully saturated rings. The van der Waals surface area contributed by atoms with E-state index in [2.05, 4.69) is 33.6 Å². The second-order valence-electron chi connectivity index (χ2n) is 4.70. The Balaban J connectivity index is 2.05. The van der Waals surface area contributed by atoms with Gasteiger partial charge in [0.15, 0.2) is 0 Å². The number of ether oxygens (including phenoxy) is 2. The van der Waals surface area contributed by atoms with Gasteiger partial charge in [0.2, 0.25) is 0 Å². The van der Waals surface area contributed by atoms with Gasteiger partial charge in [-0.25, -0.2) is 0 Å². The Labute approximate surface area is 130 Å². The highest BCUT2D eigenvalue weighted by molar-refractivity contribution is 14.1. The highest BCUT2D eigenvalue weighted by Crippen LogP contribution is 2.31. The third kappa shape index (κ3) is 2.72. The third-order valence-corrected chi connectivity index (χ3v) is 4.02. The van der Waals surface area contributed by atoms with Crippen LogP contribution in [0.15, 0.2) is 24.4 Å². The molecule has 0 radical (unpaired) electrons. The van der Waals surface area contributed by atoms with E-state index < -0.39 is 0 Å². The van der Waals surface area contributed by atoms with E-state index in [1.165, 1.54) is 0 Å². The van der Waals surface area contributed by atoms with E-state index in [1.54, 1.807) is 6.20 Å². The van der Waals surface area contributed by atoms with Gasteiger partial charge in [0.1, 0.15) is 23.5 Å². The molecule has 1 aromatic carbocycles. The fourth-order valence-corrected chi connectivity index (χ4v) is 2.80.